The van der Waals surface area contributed by atoms with Gasteiger partial charge >= 0.3 is 0 Å². The number of carbonyl (C=O) groups excluding carboxylic acids is 11. The van der Waals surface area contributed by atoms with Gasteiger partial charge in [-0.25, -0.2) is 0 Å². The monoisotopic (exact) mass is 977 g/mol. The molecule has 0 aromatic heterocycles. The van der Waals surface area contributed by atoms with Crippen LogP contribution in [0.3, 0.4) is 0 Å². The maximum Gasteiger partial charge on any atom is 0.243 e. The maximum atomic E-state index is 14.4. The summed E-state index contributed by atoms with van der Waals surface area (Å²) in [6.45, 7) is 3.54. The van der Waals surface area contributed by atoms with E-state index in [1.165, 1.54) is 7.05 Å². The normalized spacial score (nSPS) is 15.6. The largest absolute Gasteiger partial charge is 0.370 e. The Labute approximate surface area is 406 Å². The molecule has 382 valence electrons. The van der Waals surface area contributed by atoms with Crippen molar-refractivity contribution in [3.8, 4) is 0 Å². The second-order valence-electron chi connectivity index (χ2n) is 17.4. The molecule has 0 bridgehead atoms. The van der Waals surface area contributed by atoms with Crippen LogP contribution in [-0.4, -0.2) is 127 Å². The molecule has 23 nitrogen and oxygen atoms in total. The minimum Gasteiger partial charge on any atom is -0.370 e. The number of benzene rings is 2. The molecule has 1 aliphatic rings. The second kappa shape index (κ2) is 29.5. The molecule has 2 aromatic rings. The average molecular weight is 977 g/mol. The van der Waals surface area contributed by atoms with Gasteiger partial charge in [0.15, 0.2) is 0 Å². The SMILES string of the molecule is CNC(=O)CC[C@H](NC(=O)[C@H](CC(C)C)NC(=O)CNC(=O)[C@H](Cc1ccccc1)NC(=O)[C@H](Cc1ccccc1)NC(=O)[C@H](CCC(N)=O)NC(=O)[C@H](CCC(N)=O)NC(=O)[C@@H]1CCCN1)C(N)=O. The minimum atomic E-state index is -1.49. The fourth-order valence-electron chi connectivity index (χ4n) is 7.42. The Hall–Kier alpha value is -7.43. The van der Waals surface area contributed by atoms with Crippen LogP contribution >= 0.6 is 0 Å². The molecule has 1 saturated heterocycles. The summed E-state index contributed by atoms with van der Waals surface area (Å²) in [7, 11) is 1.42. The number of amides is 11. The molecule has 1 aliphatic heterocycles. The summed E-state index contributed by atoms with van der Waals surface area (Å²) in [5, 5.41) is 23.5. The molecule has 3 rings (SSSR count). The van der Waals surface area contributed by atoms with Crippen LogP contribution in [0.25, 0.3) is 0 Å². The maximum absolute atomic E-state index is 14.4. The summed E-state index contributed by atoms with van der Waals surface area (Å²) in [4.78, 5) is 143. The first-order valence-corrected chi connectivity index (χ1v) is 23.2. The molecule has 0 saturated carbocycles. The van der Waals surface area contributed by atoms with Gasteiger partial charge in [-0.05, 0) is 62.1 Å². The Morgan fingerprint density at radius 1 is 0.557 bits per heavy atom. The molecule has 0 aliphatic carbocycles. The van der Waals surface area contributed by atoms with E-state index in [9.17, 15) is 52.7 Å². The molecule has 0 radical (unpaired) electrons. The van der Waals surface area contributed by atoms with Gasteiger partial charge in [0, 0.05) is 39.2 Å². The van der Waals surface area contributed by atoms with Crippen molar-refractivity contribution in [3.63, 3.8) is 0 Å². The van der Waals surface area contributed by atoms with Gasteiger partial charge in [0.1, 0.15) is 36.3 Å². The number of nitrogens with two attached hydrogens (primary N) is 3. The molecule has 70 heavy (non-hydrogen) atoms. The summed E-state index contributed by atoms with van der Waals surface area (Å²) in [5.41, 5.74) is 17.5. The summed E-state index contributed by atoms with van der Waals surface area (Å²) in [6, 6.07) is 8.63. The Bertz CT molecular complexity index is 2140. The fourth-order valence-corrected chi connectivity index (χ4v) is 7.42. The number of hydrogen-bond donors (Lipinski definition) is 12. The van der Waals surface area contributed by atoms with Crippen molar-refractivity contribution in [2.24, 2.45) is 23.1 Å². The summed E-state index contributed by atoms with van der Waals surface area (Å²) in [6.07, 6.45) is -0.210. The zero-order valence-corrected chi connectivity index (χ0v) is 39.8. The van der Waals surface area contributed by atoms with E-state index in [0.29, 0.717) is 24.1 Å². The third-order valence-electron chi connectivity index (χ3n) is 11.2. The topological polar surface area (TPSA) is 374 Å². The van der Waals surface area contributed by atoms with Gasteiger partial charge in [-0.1, -0.05) is 74.5 Å². The highest BCUT2D eigenvalue weighted by Gasteiger charge is 2.34. The van der Waals surface area contributed by atoms with E-state index in [1.807, 2.05) is 0 Å². The highest BCUT2D eigenvalue weighted by molar-refractivity contribution is 5.97. The van der Waals surface area contributed by atoms with Crippen LogP contribution in [0.2, 0.25) is 0 Å². The van der Waals surface area contributed by atoms with Crippen LogP contribution in [-0.2, 0) is 65.6 Å². The molecular formula is C47H68N12O11. The quantitative estimate of drug-likeness (QED) is 0.0369. The van der Waals surface area contributed by atoms with Crippen molar-refractivity contribution in [2.45, 2.75) is 127 Å². The van der Waals surface area contributed by atoms with Gasteiger partial charge in [0.05, 0.1) is 12.6 Å². The number of carbonyl (C=O) groups is 11. The molecule has 7 atom stereocenters. The van der Waals surface area contributed by atoms with E-state index >= 15 is 0 Å². The molecule has 0 spiro atoms. The third kappa shape index (κ3) is 20.8. The van der Waals surface area contributed by atoms with Gasteiger partial charge in [-0.3, -0.25) is 52.7 Å². The molecular weight excluding hydrogens is 909 g/mol. The highest BCUT2D eigenvalue weighted by Crippen LogP contribution is 2.12. The average Bonchev–Trinajstić information content (AvgIpc) is 3.87. The number of hydrogen-bond acceptors (Lipinski definition) is 12. The summed E-state index contributed by atoms with van der Waals surface area (Å²) >= 11 is 0. The Balaban J connectivity index is 1.85. The standard InChI is InChI=1S/C47H68N12O11/c1-27(2)23-34(46(69)55-30(41(50)64)18-21-39(62)51-3)54-40(63)26-53-42(65)35(24-28-11-6-4-7-12-28)58-47(70)36(25-29-13-8-5-9-14-29)59-45(68)33(17-20-38(49)61)57-44(67)32(16-19-37(48)60)56-43(66)31-15-10-22-52-31/h4-9,11-14,27,30-36,52H,10,15-26H2,1-3H3,(H2,48,60)(H2,49,61)(H2,50,64)(H,51,62)(H,53,65)(H,54,63)(H,55,69)(H,56,66)(H,57,67)(H,58,70)(H,59,68)/t30-,31-,32-,33-,34-,35-,36-/m0/s1. The molecule has 15 N–H and O–H groups in total. The van der Waals surface area contributed by atoms with E-state index in [2.05, 4.69) is 47.9 Å². The van der Waals surface area contributed by atoms with Crippen LogP contribution in [0.4, 0.5) is 0 Å². The highest BCUT2D eigenvalue weighted by atomic mass is 16.2. The van der Waals surface area contributed by atoms with Crippen molar-refractivity contribution in [1.29, 1.82) is 0 Å². The van der Waals surface area contributed by atoms with E-state index < -0.39 is 108 Å². The number of rotatable bonds is 30. The predicted octanol–water partition coefficient (Wildman–Crippen LogP) is -3.16. The van der Waals surface area contributed by atoms with Crippen LogP contribution in [0.1, 0.15) is 82.8 Å². The van der Waals surface area contributed by atoms with Crippen LogP contribution in [0.5, 0.6) is 0 Å². The van der Waals surface area contributed by atoms with Crippen molar-refractivity contribution in [1.82, 2.24) is 47.9 Å². The lowest BCUT2D eigenvalue weighted by atomic mass is 10.0. The third-order valence-corrected chi connectivity index (χ3v) is 11.2. The summed E-state index contributed by atoms with van der Waals surface area (Å²) < 4.78 is 0. The van der Waals surface area contributed by atoms with E-state index in [1.54, 1.807) is 74.5 Å². The molecule has 0 unspecified atom stereocenters. The van der Waals surface area contributed by atoms with Crippen LogP contribution in [0.15, 0.2) is 60.7 Å². The van der Waals surface area contributed by atoms with Gasteiger partial charge in [0.25, 0.3) is 0 Å². The zero-order chi connectivity index (χ0) is 51.8. The Morgan fingerprint density at radius 3 is 1.49 bits per heavy atom. The molecule has 23 heteroatoms. The zero-order valence-electron chi connectivity index (χ0n) is 39.8. The fraction of sp³-hybridized carbons (Fsp3) is 0.511. The molecule has 11 amide bonds. The molecule has 2 aromatic carbocycles. The van der Waals surface area contributed by atoms with E-state index in [0.717, 1.165) is 6.42 Å². The molecule has 1 fully saturated rings. The van der Waals surface area contributed by atoms with Crippen LogP contribution in [0, 0.1) is 5.92 Å². The van der Waals surface area contributed by atoms with Crippen molar-refractivity contribution in [2.75, 3.05) is 20.1 Å². The van der Waals surface area contributed by atoms with E-state index in [4.69, 9.17) is 17.2 Å². The first kappa shape index (κ1) is 56.9. The van der Waals surface area contributed by atoms with Gasteiger partial charge < -0.3 is 65.1 Å². The van der Waals surface area contributed by atoms with Gasteiger partial charge in [0.2, 0.25) is 65.0 Å². The van der Waals surface area contributed by atoms with Crippen molar-refractivity contribution >= 4 is 65.0 Å². The smallest absolute Gasteiger partial charge is 0.243 e. The van der Waals surface area contributed by atoms with Gasteiger partial charge in [-0.2, -0.15) is 0 Å². The lowest BCUT2D eigenvalue weighted by molar-refractivity contribution is -0.135. The lowest BCUT2D eigenvalue weighted by Crippen LogP contribution is -2.59. The van der Waals surface area contributed by atoms with Crippen LogP contribution < -0.4 is 65.1 Å². The molecule has 1 heterocycles. The first-order chi connectivity index (χ1) is 33.3. The van der Waals surface area contributed by atoms with E-state index in [-0.39, 0.29) is 69.6 Å². The summed E-state index contributed by atoms with van der Waals surface area (Å²) in [5.74, 6) is -8.39. The van der Waals surface area contributed by atoms with Crippen molar-refractivity contribution < 1.29 is 52.7 Å². The Morgan fingerprint density at radius 2 is 1.01 bits per heavy atom. The number of nitrogens with one attached hydrogen (secondary N) is 9. The minimum absolute atomic E-state index is 0.0823. The second-order valence-corrected chi connectivity index (χ2v) is 17.4. The Kier molecular flexibility index (Phi) is 23.9. The van der Waals surface area contributed by atoms with Gasteiger partial charge in [-0.15, -0.1) is 0 Å². The predicted molar refractivity (Wildman–Crippen MR) is 255 cm³/mol. The first-order valence-electron chi connectivity index (χ1n) is 23.2. The number of primary amides is 3. The lowest BCUT2D eigenvalue weighted by Gasteiger charge is -2.27. The van der Waals surface area contributed by atoms with Crippen molar-refractivity contribution in [3.05, 3.63) is 71.8 Å².